The maximum atomic E-state index is 12.3. The number of ether oxygens (including phenoxy) is 1. The molecule has 20 heavy (non-hydrogen) atoms. The SMILES string of the molecule is COCNC(=O)N(c1ccccc1)c1ccc(N)cc1. The highest BCUT2D eigenvalue weighted by Crippen LogP contribution is 2.25. The van der Waals surface area contributed by atoms with Gasteiger partial charge in [0.2, 0.25) is 0 Å². The summed E-state index contributed by atoms with van der Waals surface area (Å²) >= 11 is 0. The third-order valence-electron chi connectivity index (χ3n) is 2.74. The maximum Gasteiger partial charge on any atom is 0.328 e. The summed E-state index contributed by atoms with van der Waals surface area (Å²) in [6, 6.07) is 16.2. The first-order chi connectivity index (χ1) is 9.72. The van der Waals surface area contributed by atoms with Gasteiger partial charge in [0.1, 0.15) is 6.73 Å². The number of carbonyl (C=O) groups excluding carboxylic acids is 1. The number of nitrogens with zero attached hydrogens (tertiary/aromatic N) is 1. The molecule has 2 aromatic rings. The van der Waals surface area contributed by atoms with Gasteiger partial charge in [-0.25, -0.2) is 4.79 Å². The van der Waals surface area contributed by atoms with Crippen molar-refractivity contribution in [3.8, 4) is 0 Å². The molecule has 0 aliphatic carbocycles. The number of rotatable bonds is 4. The predicted octanol–water partition coefficient (Wildman–Crippen LogP) is 2.72. The molecule has 2 aromatic carbocycles. The van der Waals surface area contributed by atoms with E-state index in [2.05, 4.69) is 5.32 Å². The molecule has 0 radical (unpaired) electrons. The molecule has 5 heteroatoms. The normalized spacial score (nSPS) is 10.1. The summed E-state index contributed by atoms with van der Waals surface area (Å²) < 4.78 is 4.87. The number of nitrogens with two attached hydrogens (primary N) is 1. The summed E-state index contributed by atoms with van der Waals surface area (Å²) in [6.45, 7) is 0.150. The van der Waals surface area contributed by atoms with E-state index >= 15 is 0 Å². The van der Waals surface area contributed by atoms with E-state index in [4.69, 9.17) is 10.5 Å². The largest absolute Gasteiger partial charge is 0.399 e. The number of hydrogen-bond acceptors (Lipinski definition) is 3. The number of carbonyl (C=O) groups is 1. The highest BCUT2D eigenvalue weighted by atomic mass is 16.5. The van der Waals surface area contributed by atoms with E-state index in [1.165, 1.54) is 7.11 Å². The molecule has 0 aliphatic heterocycles. The van der Waals surface area contributed by atoms with Crippen LogP contribution in [0.25, 0.3) is 0 Å². The number of methoxy groups -OCH3 is 1. The molecule has 2 amide bonds. The Morgan fingerprint density at radius 1 is 1.10 bits per heavy atom. The lowest BCUT2D eigenvalue weighted by molar-refractivity contribution is 0.175. The monoisotopic (exact) mass is 271 g/mol. The van der Waals surface area contributed by atoms with Crippen molar-refractivity contribution in [3.05, 3.63) is 54.6 Å². The molecule has 0 atom stereocenters. The van der Waals surface area contributed by atoms with Crippen LogP contribution in [0.2, 0.25) is 0 Å². The molecular weight excluding hydrogens is 254 g/mol. The van der Waals surface area contributed by atoms with E-state index in [1.54, 1.807) is 29.2 Å². The summed E-state index contributed by atoms with van der Waals surface area (Å²) in [7, 11) is 1.52. The van der Waals surface area contributed by atoms with Crippen molar-refractivity contribution in [3.63, 3.8) is 0 Å². The fourth-order valence-electron chi connectivity index (χ4n) is 1.80. The number of urea groups is 1. The van der Waals surface area contributed by atoms with Crippen LogP contribution in [0.4, 0.5) is 21.9 Å². The zero-order chi connectivity index (χ0) is 14.4. The smallest absolute Gasteiger partial charge is 0.328 e. The molecule has 2 rings (SSSR count). The van der Waals surface area contributed by atoms with Crippen LogP contribution in [0.3, 0.4) is 0 Å². The number of amides is 2. The minimum absolute atomic E-state index is 0.150. The van der Waals surface area contributed by atoms with Crippen molar-refractivity contribution in [2.75, 3.05) is 24.5 Å². The van der Waals surface area contributed by atoms with E-state index in [-0.39, 0.29) is 12.8 Å². The van der Waals surface area contributed by atoms with Crippen LogP contribution in [-0.4, -0.2) is 19.9 Å². The highest BCUT2D eigenvalue weighted by molar-refractivity contribution is 5.99. The van der Waals surface area contributed by atoms with Crippen LogP contribution >= 0.6 is 0 Å². The molecule has 0 heterocycles. The van der Waals surface area contributed by atoms with Gasteiger partial charge < -0.3 is 15.8 Å². The van der Waals surface area contributed by atoms with Crippen LogP contribution < -0.4 is 16.0 Å². The predicted molar refractivity (Wildman–Crippen MR) is 79.8 cm³/mol. The third kappa shape index (κ3) is 3.27. The zero-order valence-electron chi connectivity index (χ0n) is 11.2. The Hall–Kier alpha value is -2.53. The van der Waals surface area contributed by atoms with Crippen LogP contribution in [0.1, 0.15) is 0 Å². The third-order valence-corrected chi connectivity index (χ3v) is 2.74. The summed E-state index contributed by atoms with van der Waals surface area (Å²) in [6.07, 6.45) is 0. The van der Waals surface area contributed by atoms with Gasteiger partial charge in [-0.3, -0.25) is 4.90 Å². The molecule has 0 aromatic heterocycles. The number of hydrogen-bond donors (Lipinski definition) is 2. The van der Waals surface area contributed by atoms with Crippen LogP contribution in [-0.2, 0) is 4.74 Å². The Bertz CT molecular complexity index is 555. The molecule has 0 saturated heterocycles. The highest BCUT2D eigenvalue weighted by Gasteiger charge is 2.17. The standard InChI is InChI=1S/C15H17N3O2/c1-20-11-17-15(19)18(13-5-3-2-4-6-13)14-9-7-12(16)8-10-14/h2-10H,11,16H2,1H3,(H,17,19). The van der Waals surface area contributed by atoms with Crippen molar-refractivity contribution >= 4 is 23.1 Å². The van der Waals surface area contributed by atoms with E-state index in [9.17, 15) is 4.79 Å². The molecule has 0 spiro atoms. The lowest BCUT2D eigenvalue weighted by atomic mass is 10.2. The molecule has 0 unspecified atom stereocenters. The summed E-state index contributed by atoms with van der Waals surface area (Å²) in [5.41, 5.74) is 7.84. The van der Waals surface area contributed by atoms with Crippen molar-refractivity contribution < 1.29 is 9.53 Å². The fraction of sp³-hybridized carbons (Fsp3) is 0.133. The zero-order valence-corrected chi connectivity index (χ0v) is 11.2. The lowest BCUT2D eigenvalue weighted by Gasteiger charge is -2.23. The van der Waals surface area contributed by atoms with E-state index < -0.39 is 0 Å². The Morgan fingerprint density at radius 3 is 2.30 bits per heavy atom. The van der Waals surface area contributed by atoms with Gasteiger partial charge in [-0.15, -0.1) is 0 Å². The molecule has 5 nitrogen and oxygen atoms in total. The lowest BCUT2D eigenvalue weighted by Crippen LogP contribution is -2.37. The van der Waals surface area contributed by atoms with Gasteiger partial charge in [0.05, 0.1) is 11.4 Å². The molecule has 104 valence electrons. The maximum absolute atomic E-state index is 12.3. The second-order valence-corrected chi connectivity index (χ2v) is 4.18. The molecule has 0 aliphatic rings. The summed E-state index contributed by atoms with van der Waals surface area (Å²) in [4.78, 5) is 13.9. The van der Waals surface area contributed by atoms with Gasteiger partial charge >= 0.3 is 6.03 Å². The van der Waals surface area contributed by atoms with Gasteiger partial charge in [0.25, 0.3) is 0 Å². The van der Waals surface area contributed by atoms with Gasteiger partial charge in [-0.1, -0.05) is 18.2 Å². The van der Waals surface area contributed by atoms with Crippen molar-refractivity contribution in [1.82, 2.24) is 5.32 Å². The Kier molecular flexibility index (Phi) is 4.57. The van der Waals surface area contributed by atoms with E-state index in [0.29, 0.717) is 5.69 Å². The van der Waals surface area contributed by atoms with Gasteiger partial charge in [-0.05, 0) is 36.4 Å². The number of para-hydroxylation sites is 1. The average Bonchev–Trinajstić information content (AvgIpc) is 2.48. The fourth-order valence-corrected chi connectivity index (χ4v) is 1.80. The number of nitrogens with one attached hydrogen (secondary N) is 1. The first kappa shape index (κ1) is 13.9. The topological polar surface area (TPSA) is 67.6 Å². The molecule has 3 N–H and O–H groups in total. The van der Waals surface area contributed by atoms with Crippen molar-refractivity contribution in [2.24, 2.45) is 0 Å². The number of nitrogen functional groups attached to an aromatic ring is 1. The van der Waals surface area contributed by atoms with Crippen molar-refractivity contribution in [2.45, 2.75) is 0 Å². The van der Waals surface area contributed by atoms with Crippen LogP contribution in [0, 0.1) is 0 Å². The molecular formula is C15H17N3O2. The van der Waals surface area contributed by atoms with Crippen LogP contribution in [0.5, 0.6) is 0 Å². The Morgan fingerprint density at radius 2 is 1.70 bits per heavy atom. The quantitative estimate of drug-likeness (QED) is 0.663. The van der Waals surface area contributed by atoms with E-state index in [1.807, 2.05) is 30.3 Å². The minimum Gasteiger partial charge on any atom is -0.399 e. The first-order valence-electron chi connectivity index (χ1n) is 6.20. The van der Waals surface area contributed by atoms with Gasteiger partial charge in [0.15, 0.2) is 0 Å². The van der Waals surface area contributed by atoms with Crippen molar-refractivity contribution in [1.29, 1.82) is 0 Å². The number of benzene rings is 2. The number of anilines is 3. The molecule has 0 saturated carbocycles. The summed E-state index contributed by atoms with van der Waals surface area (Å²) in [5, 5.41) is 2.68. The van der Waals surface area contributed by atoms with Gasteiger partial charge in [-0.2, -0.15) is 0 Å². The van der Waals surface area contributed by atoms with Crippen LogP contribution in [0.15, 0.2) is 54.6 Å². The second-order valence-electron chi connectivity index (χ2n) is 4.18. The van der Waals surface area contributed by atoms with Gasteiger partial charge in [0, 0.05) is 12.8 Å². The average molecular weight is 271 g/mol. The summed E-state index contributed by atoms with van der Waals surface area (Å²) in [5.74, 6) is 0. The molecule has 0 fully saturated rings. The first-order valence-corrected chi connectivity index (χ1v) is 6.20. The molecule has 0 bridgehead atoms. The second kappa shape index (κ2) is 6.58. The van der Waals surface area contributed by atoms with E-state index in [0.717, 1.165) is 11.4 Å². The Balaban J connectivity index is 2.34. The minimum atomic E-state index is -0.261. The Labute approximate surface area is 118 Å².